The van der Waals surface area contributed by atoms with Gasteiger partial charge in [-0.3, -0.25) is 9.59 Å². The molecular formula is C22H22ClN3O7S3. The molecule has 192 valence electrons. The molecule has 1 amide bonds. The molecule has 1 unspecified atom stereocenters. The first-order chi connectivity index (χ1) is 17.3. The van der Waals surface area contributed by atoms with E-state index in [-0.39, 0.29) is 35.5 Å². The normalized spacial score (nSPS) is 18.6. The van der Waals surface area contributed by atoms with Crippen molar-refractivity contribution in [1.82, 2.24) is 8.87 Å². The van der Waals surface area contributed by atoms with Crippen molar-refractivity contribution in [1.29, 1.82) is 0 Å². The first-order valence-electron chi connectivity index (χ1n) is 11.2. The number of hydrogen-bond donors (Lipinski definition) is 0. The van der Waals surface area contributed by atoms with Gasteiger partial charge in [0.2, 0.25) is 6.79 Å². The monoisotopic (exact) mass is 571 g/mol. The predicted molar refractivity (Wildman–Crippen MR) is 134 cm³/mol. The van der Waals surface area contributed by atoms with Crippen molar-refractivity contribution in [3.05, 3.63) is 33.4 Å². The van der Waals surface area contributed by atoms with Gasteiger partial charge < -0.3 is 18.8 Å². The van der Waals surface area contributed by atoms with Crippen molar-refractivity contribution in [3.63, 3.8) is 0 Å². The summed E-state index contributed by atoms with van der Waals surface area (Å²) in [6.45, 7) is 2.06. The fourth-order valence-corrected chi connectivity index (χ4v) is 8.50. The van der Waals surface area contributed by atoms with E-state index in [0.29, 0.717) is 40.6 Å². The van der Waals surface area contributed by atoms with Crippen LogP contribution in [0.4, 0.5) is 0 Å². The Morgan fingerprint density at radius 2 is 1.97 bits per heavy atom. The van der Waals surface area contributed by atoms with Gasteiger partial charge >= 0.3 is 5.97 Å². The summed E-state index contributed by atoms with van der Waals surface area (Å²) in [5.74, 6) is 0.00403. The Balaban J connectivity index is 1.55. The smallest absolute Gasteiger partial charge is 0.326 e. The lowest BCUT2D eigenvalue weighted by atomic mass is 10.0. The van der Waals surface area contributed by atoms with Crippen LogP contribution < -0.4 is 14.3 Å². The maximum absolute atomic E-state index is 13.4. The van der Waals surface area contributed by atoms with Gasteiger partial charge in [-0.15, -0.1) is 11.3 Å². The number of hydrogen-bond acceptors (Lipinski definition) is 9. The highest BCUT2D eigenvalue weighted by atomic mass is 35.5. The van der Waals surface area contributed by atoms with Crippen LogP contribution in [0.5, 0.6) is 11.5 Å². The summed E-state index contributed by atoms with van der Waals surface area (Å²) in [5, 5.41) is 0. The highest BCUT2D eigenvalue weighted by Gasteiger charge is 2.38. The van der Waals surface area contributed by atoms with Gasteiger partial charge in [-0.25, -0.2) is 8.42 Å². The summed E-state index contributed by atoms with van der Waals surface area (Å²) >= 11 is 8.11. The van der Waals surface area contributed by atoms with Crippen molar-refractivity contribution in [3.8, 4) is 11.5 Å². The number of thiazole rings is 1. The Bertz CT molecular complexity index is 1510. The van der Waals surface area contributed by atoms with E-state index in [1.807, 2.05) is 0 Å². The van der Waals surface area contributed by atoms with Crippen LogP contribution in [0.15, 0.2) is 33.5 Å². The number of esters is 1. The van der Waals surface area contributed by atoms with Crippen LogP contribution in [0.1, 0.15) is 26.2 Å². The van der Waals surface area contributed by atoms with Crippen molar-refractivity contribution in [2.75, 3.05) is 19.9 Å². The molecule has 36 heavy (non-hydrogen) atoms. The summed E-state index contributed by atoms with van der Waals surface area (Å²) < 4.78 is 46.6. The lowest BCUT2D eigenvalue weighted by molar-refractivity contribution is -0.143. The number of rotatable bonds is 6. The molecule has 14 heteroatoms. The van der Waals surface area contributed by atoms with E-state index in [9.17, 15) is 18.0 Å². The van der Waals surface area contributed by atoms with Crippen molar-refractivity contribution in [2.24, 2.45) is 4.99 Å². The molecule has 4 heterocycles. The van der Waals surface area contributed by atoms with Crippen LogP contribution in [0.2, 0.25) is 4.34 Å². The zero-order chi connectivity index (χ0) is 25.4. The van der Waals surface area contributed by atoms with Gasteiger partial charge in [-0.1, -0.05) is 29.4 Å². The number of ether oxygens (including phenoxy) is 3. The molecule has 10 nitrogen and oxygen atoms in total. The number of amides is 1. The van der Waals surface area contributed by atoms with E-state index in [4.69, 9.17) is 25.8 Å². The predicted octanol–water partition coefficient (Wildman–Crippen LogP) is 3.38. The maximum atomic E-state index is 13.4. The number of nitrogens with zero attached hydrogens (tertiary/aromatic N) is 3. The van der Waals surface area contributed by atoms with Gasteiger partial charge in [0.1, 0.15) is 16.8 Å². The molecule has 0 bridgehead atoms. The molecule has 2 aliphatic heterocycles. The Morgan fingerprint density at radius 3 is 2.69 bits per heavy atom. The molecule has 3 aromatic rings. The van der Waals surface area contributed by atoms with Crippen LogP contribution in [0, 0.1) is 0 Å². The van der Waals surface area contributed by atoms with Gasteiger partial charge in [0.05, 0.1) is 21.2 Å². The van der Waals surface area contributed by atoms with E-state index in [2.05, 4.69) is 4.99 Å². The number of carbonyl (C=O) groups is 2. The average Bonchev–Trinajstić information content (AvgIpc) is 3.57. The van der Waals surface area contributed by atoms with E-state index in [1.165, 1.54) is 27.8 Å². The minimum Gasteiger partial charge on any atom is -0.465 e. The lowest BCUT2D eigenvalue weighted by Gasteiger charge is -2.31. The summed E-state index contributed by atoms with van der Waals surface area (Å²) in [5.41, 5.74) is 0.630. The number of thiophene rings is 1. The molecule has 0 radical (unpaired) electrons. The fourth-order valence-electron chi connectivity index (χ4n) is 4.19. The average molecular weight is 572 g/mol. The zero-order valence-electron chi connectivity index (χ0n) is 19.1. The highest BCUT2D eigenvalue weighted by Crippen LogP contribution is 2.37. The van der Waals surface area contributed by atoms with Gasteiger partial charge in [-0.05, 0) is 31.9 Å². The number of piperidine rings is 1. The second-order valence-electron chi connectivity index (χ2n) is 8.08. The van der Waals surface area contributed by atoms with Crippen LogP contribution >= 0.6 is 34.3 Å². The molecule has 0 spiro atoms. The quantitative estimate of drug-likeness (QED) is 0.416. The second-order valence-corrected chi connectivity index (χ2v) is 12.9. The minimum absolute atomic E-state index is 0.0842. The number of benzene rings is 1. The molecule has 1 saturated heterocycles. The van der Waals surface area contributed by atoms with Crippen molar-refractivity contribution in [2.45, 2.75) is 43.0 Å². The molecule has 1 aromatic carbocycles. The number of carbonyl (C=O) groups excluding carboxylic acids is 2. The molecule has 0 aliphatic carbocycles. The standard InChI is InChI=1S/C22H22ClN3O7S3/c1-2-31-19(27)11-25-14-9-15-16(33-12-32-15)10-17(14)34-22(25)24-21(28)13-5-3-4-8-26(13)36(29,30)20-7-6-18(23)35-20/h6-7,9-10,13H,2-5,8,11-12H2,1H3. The first-order valence-corrected chi connectivity index (χ1v) is 14.7. The fraction of sp³-hybridized carbons (Fsp3) is 0.409. The van der Waals surface area contributed by atoms with E-state index in [1.54, 1.807) is 23.6 Å². The largest absolute Gasteiger partial charge is 0.465 e. The zero-order valence-corrected chi connectivity index (χ0v) is 22.3. The van der Waals surface area contributed by atoms with Crippen LogP contribution in [0.25, 0.3) is 10.2 Å². The van der Waals surface area contributed by atoms with Crippen LogP contribution in [-0.2, 0) is 30.9 Å². The third kappa shape index (κ3) is 4.77. The van der Waals surface area contributed by atoms with Crippen molar-refractivity contribution >= 4 is 66.4 Å². The number of fused-ring (bicyclic) bond motifs is 2. The summed E-state index contributed by atoms with van der Waals surface area (Å²) in [4.78, 5) is 30.4. The van der Waals surface area contributed by atoms with E-state index >= 15 is 0 Å². The molecule has 2 aromatic heterocycles. The molecule has 5 rings (SSSR count). The Labute approximate surface area is 219 Å². The topological polar surface area (TPSA) is 116 Å². The Morgan fingerprint density at radius 1 is 1.19 bits per heavy atom. The Kier molecular flexibility index (Phi) is 7.10. The van der Waals surface area contributed by atoms with E-state index in [0.717, 1.165) is 16.0 Å². The van der Waals surface area contributed by atoms with Gasteiger partial charge in [-0.2, -0.15) is 9.30 Å². The third-order valence-electron chi connectivity index (χ3n) is 5.83. The SMILES string of the molecule is CCOC(=O)Cn1c(=NC(=O)C2CCCCN2S(=O)(=O)c2ccc(Cl)s2)sc2cc3c(cc21)OCO3. The summed E-state index contributed by atoms with van der Waals surface area (Å²) in [7, 11) is -3.92. The van der Waals surface area contributed by atoms with E-state index < -0.39 is 27.9 Å². The van der Waals surface area contributed by atoms with Gasteiger partial charge in [0, 0.05) is 18.7 Å². The molecule has 0 saturated carbocycles. The molecule has 0 N–H and O–H groups in total. The third-order valence-corrected chi connectivity index (χ3v) is 10.5. The van der Waals surface area contributed by atoms with Crippen LogP contribution in [0.3, 0.4) is 0 Å². The second kappa shape index (κ2) is 10.1. The summed E-state index contributed by atoms with van der Waals surface area (Å²) in [6, 6.07) is 5.51. The number of halogens is 1. The molecular weight excluding hydrogens is 550 g/mol. The highest BCUT2D eigenvalue weighted by molar-refractivity contribution is 7.91. The lowest BCUT2D eigenvalue weighted by Crippen LogP contribution is -2.47. The molecule has 1 fully saturated rings. The van der Waals surface area contributed by atoms with Crippen LogP contribution in [-0.4, -0.2) is 55.2 Å². The number of aromatic nitrogens is 1. The molecule has 2 aliphatic rings. The number of sulfonamides is 1. The maximum Gasteiger partial charge on any atom is 0.326 e. The molecule has 1 atom stereocenters. The van der Waals surface area contributed by atoms with Gasteiger partial charge in [0.15, 0.2) is 16.3 Å². The van der Waals surface area contributed by atoms with Crippen molar-refractivity contribution < 1.29 is 32.2 Å². The first kappa shape index (κ1) is 25.2. The Hall–Kier alpha value is -2.45. The summed E-state index contributed by atoms with van der Waals surface area (Å²) in [6.07, 6.45) is 1.68. The minimum atomic E-state index is -3.92. The van der Waals surface area contributed by atoms with Gasteiger partial charge in [0.25, 0.3) is 15.9 Å².